The molecule has 0 unspecified atom stereocenters. The van der Waals surface area contributed by atoms with Gasteiger partial charge < -0.3 is 0 Å². The van der Waals surface area contributed by atoms with Gasteiger partial charge in [0.25, 0.3) is 0 Å². The summed E-state index contributed by atoms with van der Waals surface area (Å²) < 4.78 is 0. The fourth-order valence-corrected chi connectivity index (χ4v) is 3.61. The van der Waals surface area contributed by atoms with Crippen LogP contribution in [0, 0.1) is 6.07 Å². The van der Waals surface area contributed by atoms with Gasteiger partial charge in [-0.05, 0) is 64.3 Å². The Morgan fingerprint density at radius 2 is 1.17 bits per heavy atom. The van der Waals surface area contributed by atoms with E-state index in [0.717, 1.165) is 19.3 Å². The van der Waals surface area contributed by atoms with Crippen LogP contribution in [0.15, 0.2) is 60.7 Å². The molecule has 24 heavy (non-hydrogen) atoms. The molecule has 3 aromatic carbocycles. The minimum absolute atomic E-state index is 1.02. The summed E-state index contributed by atoms with van der Waals surface area (Å²) in [6.07, 6.45) is 3.08. The highest BCUT2D eigenvalue weighted by molar-refractivity contribution is 5.82. The third kappa shape index (κ3) is 3.01. The highest BCUT2D eigenvalue weighted by Gasteiger charge is 2.17. The van der Waals surface area contributed by atoms with E-state index in [1.165, 1.54) is 38.9 Å². The predicted molar refractivity (Wildman–Crippen MR) is 104 cm³/mol. The molecular formula is C24H25. The van der Waals surface area contributed by atoms with Crippen LogP contribution in [-0.4, -0.2) is 0 Å². The Labute approximate surface area is 146 Å². The first-order valence-corrected chi connectivity index (χ1v) is 9.00. The SMILES string of the molecule is CCc1[c]c(-c2ccccc2)c(CC)c(-c2ccccc2)c1CC. The summed E-state index contributed by atoms with van der Waals surface area (Å²) in [5, 5.41) is 0. The van der Waals surface area contributed by atoms with Crippen molar-refractivity contribution in [1.82, 2.24) is 0 Å². The normalized spacial score (nSPS) is 10.8. The maximum absolute atomic E-state index is 3.76. The maximum Gasteiger partial charge on any atom is -0.00582 e. The van der Waals surface area contributed by atoms with Crippen molar-refractivity contribution in [2.24, 2.45) is 0 Å². The van der Waals surface area contributed by atoms with Crippen LogP contribution in [0.3, 0.4) is 0 Å². The lowest BCUT2D eigenvalue weighted by Gasteiger charge is -2.21. The number of rotatable bonds is 5. The van der Waals surface area contributed by atoms with Gasteiger partial charge in [0.05, 0.1) is 0 Å². The monoisotopic (exact) mass is 313 g/mol. The number of benzene rings is 3. The molecule has 0 aliphatic rings. The van der Waals surface area contributed by atoms with Gasteiger partial charge in [0.2, 0.25) is 0 Å². The van der Waals surface area contributed by atoms with Gasteiger partial charge in [-0.3, -0.25) is 0 Å². The first-order valence-electron chi connectivity index (χ1n) is 9.00. The fraction of sp³-hybridized carbons (Fsp3) is 0.250. The molecule has 0 amide bonds. The zero-order valence-electron chi connectivity index (χ0n) is 14.9. The summed E-state index contributed by atoms with van der Waals surface area (Å²) in [7, 11) is 0. The van der Waals surface area contributed by atoms with Gasteiger partial charge in [0.15, 0.2) is 0 Å². The van der Waals surface area contributed by atoms with Crippen molar-refractivity contribution in [3.8, 4) is 22.3 Å². The molecule has 0 atom stereocenters. The zero-order valence-corrected chi connectivity index (χ0v) is 14.9. The average molecular weight is 313 g/mol. The van der Waals surface area contributed by atoms with Crippen molar-refractivity contribution < 1.29 is 0 Å². The molecule has 0 nitrogen and oxygen atoms in total. The van der Waals surface area contributed by atoms with Crippen LogP contribution < -0.4 is 0 Å². The van der Waals surface area contributed by atoms with Gasteiger partial charge in [-0.15, -0.1) is 0 Å². The van der Waals surface area contributed by atoms with Gasteiger partial charge in [-0.2, -0.15) is 0 Å². The average Bonchev–Trinajstić information content (AvgIpc) is 2.67. The number of hydrogen-bond donors (Lipinski definition) is 0. The van der Waals surface area contributed by atoms with E-state index in [-0.39, 0.29) is 0 Å². The summed E-state index contributed by atoms with van der Waals surface area (Å²) in [4.78, 5) is 0. The fourth-order valence-electron chi connectivity index (χ4n) is 3.61. The molecule has 0 bridgehead atoms. The topological polar surface area (TPSA) is 0 Å². The second-order valence-corrected chi connectivity index (χ2v) is 6.10. The van der Waals surface area contributed by atoms with E-state index >= 15 is 0 Å². The molecule has 0 aliphatic heterocycles. The third-order valence-corrected chi connectivity index (χ3v) is 4.73. The summed E-state index contributed by atoms with van der Waals surface area (Å²) >= 11 is 0. The Morgan fingerprint density at radius 3 is 1.67 bits per heavy atom. The summed E-state index contributed by atoms with van der Waals surface area (Å²) in [5.74, 6) is 0. The lowest BCUT2D eigenvalue weighted by molar-refractivity contribution is 1.02. The van der Waals surface area contributed by atoms with Gasteiger partial charge >= 0.3 is 0 Å². The molecule has 0 fully saturated rings. The Kier molecular flexibility index (Phi) is 5.15. The van der Waals surface area contributed by atoms with E-state index in [1.807, 2.05) is 0 Å². The third-order valence-electron chi connectivity index (χ3n) is 4.73. The van der Waals surface area contributed by atoms with Gasteiger partial charge in [-0.1, -0.05) is 81.4 Å². The molecule has 121 valence electrons. The molecule has 1 radical (unpaired) electrons. The Hall–Kier alpha value is -2.34. The predicted octanol–water partition coefficient (Wildman–Crippen LogP) is 6.51. The lowest BCUT2D eigenvalue weighted by atomic mass is 9.83. The first kappa shape index (κ1) is 16.5. The minimum atomic E-state index is 1.02. The van der Waals surface area contributed by atoms with Crippen LogP contribution in [0.4, 0.5) is 0 Å². The highest BCUT2D eigenvalue weighted by Crippen LogP contribution is 2.38. The quantitative estimate of drug-likeness (QED) is 0.504. The highest BCUT2D eigenvalue weighted by atomic mass is 14.2. The largest absolute Gasteiger partial charge is 0.0622 e. The van der Waals surface area contributed by atoms with Crippen LogP contribution in [0.25, 0.3) is 22.3 Å². The molecule has 0 saturated heterocycles. The van der Waals surface area contributed by atoms with Crippen molar-refractivity contribution in [2.75, 3.05) is 0 Å². The Morgan fingerprint density at radius 1 is 0.625 bits per heavy atom. The number of hydrogen-bond acceptors (Lipinski definition) is 0. The van der Waals surface area contributed by atoms with Gasteiger partial charge in [0, 0.05) is 0 Å². The van der Waals surface area contributed by atoms with Crippen molar-refractivity contribution in [1.29, 1.82) is 0 Å². The van der Waals surface area contributed by atoms with E-state index < -0.39 is 0 Å². The molecule has 0 N–H and O–H groups in total. The van der Waals surface area contributed by atoms with Crippen molar-refractivity contribution in [3.63, 3.8) is 0 Å². The van der Waals surface area contributed by atoms with Crippen LogP contribution in [0.5, 0.6) is 0 Å². The van der Waals surface area contributed by atoms with Crippen molar-refractivity contribution in [2.45, 2.75) is 40.0 Å². The van der Waals surface area contributed by atoms with Crippen LogP contribution in [0.1, 0.15) is 37.5 Å². The first-order chi connectivity index (χ1) is 11.8. The minimum Gasteiger partial charge on any atom is -0.0622 e. The van der Waals surface area contributed by atoms with Gasteiger partial charge in [0.1, 0.15) is 0 Å². The maximum atomic E-state index is 3.76. The molecule has 0 saturated carbocycles. The summed E-state index contributed by atoms with van der Waals surface area (Å²) in [5.41, 5.74) is 9.52. The van der Waals surface area contributed by atoms with E-state index in [1.54, 1.807) is 0 Å². The second-order valence-electron chi connectivity index (χ2n) is 6.10. The van der Waals surface area contributed by atoms with E-state index in [4.69, 9.17) is 0 Å². The lowest BCUT2D eigenvalue weighted by Crippen LogP contribution is -2.03. The second kappa shape index (κ2) is 7.49. The van der Waals surface area contributed by atoms with Crippen LogP contribution in [-0.2, 0) is 19.3 Å². The standard InChI is InChI=1S/C24H25/c1-4-18-17-23(19-13-9-7-10-14-19)22(6-3)24(21(18)5-2)20-15-11-8-12-16-20/h7-16H,4-6H2,1-3H3. The molecule has 0 heteroatoms. The molecule has 0 spiro atoms. The molecule has 0 aromatic heterocycles. The van der Waals surface area contributed by atoms with E-state index in [0.29, 0.717) is 0 Å². The molecule has 0 heterocycles. The number of aryl methyl sites for hydroxylation is 1. The van der Waals surface area contributed by atoms with E-state index in [9.17, 15) is 0 Å². The van der Waals surface area contributed by atoms with Crippen LogP contribution in [0.2, 0.25) is 0 Å². The van der Waals surface area contributed by atoms with Crippen molar-refractivity contribution in [3.05, 3.63) is 83.4 Å². The van der Waals surface area contributed by atoms with E-state index in [2.05, 4.69) is 87.5 Å². The summed E-state index contributed by atoms with van der Waals surface area (Å²) in [6.45, 7) is 6.75. The molecule has 3 aromatic rings. The van der Waals surface area contributed by atoms with Crippen molar-refractivity contribution >= 4 is 0 Å². The zero-order chi connectivity index (χ0) is 16.9. The smallest absolute Gasteiger partial charge is 0.00582 e. The Balaban J connectivity index is 2.37. The Bertz CT molecular complexity index is 798. The van der Waals surface area contributed by atoms with Crippen LogP contribution >= 0.6 is 0 Å². The van der Waals surface area contributed by atoms with Gasteiger partial charge in [-0.25, -0.2) is 0 Å². The summed E-state index contributed by atoms with van der Waals surface area (Å²) in [6, 6.07) is 25.3. The molecule has 3 rings (SSSR count). The molecule has 0 aliphatic carbocycles. The molecular weight excluding hydrogens is 288 g/mol.